The lowest BCUT2D eigenvalue weighted by Gasteiger charge is -2.39. The molecule has 1 aliphatic heterocycles. The fraction of sp³-hybridized carbons (Fsp3) is 0.909. The van der Waals surface area contributed by atoms with Crippen molar-refractivity contribution in [3.63, 3.8) is 0 Å². The highest BCUT2D eigenvalue weighted by Crippen LogP contribution is 2.16. The molecule has 0 bridgehead atoms. The van der Waals surface area contributed by atoms with Crippen LogP contribution >= 0.6 is 0 Å². The fourth-order valence-electron chi connectivity index (χ4n) is 1.91. The monoisotopic (exact) mass is 230 g/mol. The summed E-state index contributed by atoms with van der Waals surface area (Å²) in [5.41, 5.74) is 5.80. The van der Waals surface area contributed by atoms with Gasteiger partial charge in [0.2, 0.25) is 0 Å². The van der Waals surface area contributed by atoms with E-state index >= 15 is 0 Å². The minimum absolute atomic E-state index is 0.0113. The lowest BCUT2D eigenvalue weighted by molar-refractivity contribution is -0.144. The van der Waals surface area contributed by atoms with Crippen LogP contribution in [0.1, 0.15) is 20.8 Å². The molecule has 1 saturated heterocycles. The summed E-state index contributed by atoms with van der Waals surface area (Å²) < 4.78 is 5.55. The van der Waals surface area contributed by atoms with Crippen molar-refractivity contribution in [2.75, 3.05) is 19.7 Å². The number of ether oxygens (including phenoxy) is 1. The lowest BCUT2D eigenvalue weighted by atomic mass is 10.0. The van der Waals surface area contributed by atoms with Crippen molar-refractivity contribution in [3.8, 4) is 0 Å². The van der Waals surface area contributed by atoms with Crippen molar-refractivity contribution in [2.45, 2.75) is 39.0 Å². The number of carbonyl (C=O) groups is 1. The Morgan fingerprint density at radius 3 is 2.62 bits per heavy atom. The van der Waals surface area contributed by atoms with E-state index in [9.17, 15) is 4.79 Å². The number of nitrogens with two attached hydrogens (primary N) is 1. The van der Waals surface area contributed by atoms with Crippen LogP contribution in [0, 0.1) is 5.92 Å². The van der Waals surface area contributed by atoms with Gasteiger partial charge >= 0.3 is 5.97 Å². The molecule has 5 nitrogen and oxygen atoms in total. The van der Waals surface area contributed by atoms with E-state index in [4.69, 9.17) is 15.6 Å². The highest BCUT2D eigenvalue weighted by Gasteiger charge is 2.30. The number of hydrogen-bond acceptors (Lipinski definition) is 4. The summed E-state index contributed by atoms with van der Waals surface area (Å²) in [5.74, 6) is -1.12. The van der Waals surface area contributed by atoms with Crippen LogP contribution in [-0.4, -0.2) is 53.9 Å². The summed E-state index contributed by atoms with van der Waals surface area (Å²) in [6, 6.07) is -0.00205. The van der Waals surface area contributed by atoms with E-state index in [1.54, 1.807) is 6.92 Å². The SMILES string of the molecule is CC(N)C1CN(C(C)C(C)C(=O)O)CCO1. The predicted octanol–water partition coefficient (Wildman–Crippen LogP) is 0.144. The smallest absolute Gasteiger partial charge is 0.307 e. The Morgan fingerprint density at radius 2 is 2.12 bits per heavy atom. The third-order valence-corrected chi connectivity index (χ3v) is 3.40. The average Bonchev–Trinajstić information content (AvgIpc) is 2.27. The second-order valence-electron chi connectivity index (χ2n) is 4.63. The number of rotatable bonds is 4. The van der Waals surface area contributed by atoms with E-state index in [1.165, 1.54) is 0 Å². The molecule has 1 aliphatic rings. The molecule has 1 fully saturated rings. The number of nitrogens with zero attached hydrogens (tertiary/aromatic N) is 1. The van der Waals surface area contributed by atoms with Crippen molar-refractivity contribution in [3.05, 3.63) is 0 Å². The molecule has 0 spiro atoms. The average molecular weight is 230 g/mol. The highest BCUT2D eigenvalue weighted by molar-refractivity contribution is 5.70. The largest absolute Gasteiger partial charge is 0.481 e. The molecule has 5 heteroatoms. The molecule has 1 heterocycles. The second-order valence-corrected chi connectivity index (χ2v) is 4.63. The Morgan fingerprint density at radius 1 is 1.50 bits per heavy atom. The van der Waals surface area contributed by atoms with Crippen LogP contribution in [0.2, 0.25) is 0 Å². The van der Waals surface area contributed by atoms with Gasteiger partial charge in [-0.05, 0) is 13.8 Å². The molecule has 4 atom stereocenters. The van der Waals surface area contributed by atoms with Gasteiger partial charge in [-0.15, -0.1) is 0 Å². The predicted molar refractivity (Wildman–Crippen MR) is 61.2 cm³/mol. The maximum absolute atomic E-state index is 10.9. The first-order valence-electron chi connectivity index (χ1n) is 5.77. The van der Waals surface area contributed by atoms with Gasteiger partial charge in [0, 0.05) is 25.2 Å². The van der Waals surface area contributed by atoms with Gasteiger partial charge in [0.1, 0.15) is 0 Å². The van der Waals surface area contributed by atoms with Gasteiger partial charge < -0.3 is 15.6 Å². The van der Waals surface area contributed by atoms with Crippen LogP contribution in [0.15, 0.2) is 0 Å². The van der Waals surface area contributed by atoms with Crippen LogP contribution in [0.5, 0.6) is 0 Å². The van der Waals surface area contributed by atoms with E-state index in [1.807, 2.05) is 13.8 Å². The zero-order valence-electron chi connectivity index (χ0n) is 10.2. The van der Waals surface area contributed by atoms with Crippen molar-refractivity contribution in [1.29, 1.82) is 0 Å². The molecule has 0 aromatic heterocycles. The van der Waals surface area contributed by atoms with Crippen LogP contribution in [0.25, 0.3) is 0 Å². The molecule has 0 aromatic carbocycles. The molecule has 4 unspecified atom stereocenters. The quantitative estimate of drug-likeness (QED) is 0.718. The minimum atomic E-state index is -0.753. The van der Waals surface area contributed by atoms with Gasteiger partial charge in [-0.25, -0.2) is 0 Å². The van der Waals surface area contributed by atoms with Gasteiger partial charge in [-0.3, -0.25) is 9.69 Å². The normalized spacial score (nSPS) is 28.4. The standard InChI is InChI=1S/C11H22N2O3/c1-7(11(14)15)9(3)13-4-5-16-10(6-13)8(2)12/h7-10H,4-6,12H2,1-3H3,(H,14,15). The van der Waals surface area contributed by atoms with E-state index < -0.39 is 5.97 Å². The van der Waals surface area contributed by atoms with E-state index in [0.29, 0.717) is 6.61 Å². The minimum Gasteiger partial charge on any atom is -0.481 e. The van der Waals surface area contributed by atoms with Gasteiger partial charge in [0.25, 0.3) is 0 Å². The molecular formula is C11H22N2O3. The number of aliphatic carboxylic acids is 1. The first-order chi connectivity index (χ1) is 7.43. The summed E-state index contributed by atoms with van der Waals surface area (Å²) in [4.78, 5) is 13.1. The maximum atomic E-state index is 10.9. The summed E-state index contributed by atoms with van der Waals surface area (Å²) in [5, 5.41) is 8.98. The van der Waals surface area contributed by atoms with Crippen LogP contribution in [-0.2, 0) is 9.53 Å². The second kappa shape index (κ2) is 5.61. The molecule has 0 aromatic rings. The van der Waals surface area contributed by atoms with Crippen molar-refractivity contribution in [1.82, 2.24) is 4.90 Å². The van der Waals surface area contributed by atoms with Gasteiger partial charge in [-0.2, -0.15) is 0 Å². The molecule has 0 amide bonds. The Kier molecular flexibility index (Phi) is 4.70. The van der Waals surface area contributed by atoms with Crippen molar-refractivity contribution in [2.24, 2.45) is 11.7 Å². The van der Waals surface area contributed by atoms with Crippen LogP contribution < -0.4 is 5.73 Å². The summed E-state index contributed by atoms with van der Waals surface area (Å²) in [6.07, 6.45) is 0.0113. The van der Waals surface area contributed by atoms with E-state index in [-0.39, 0.29) is 24.1 Å². The molecule has 16 heavy (non-hydrogen) atoms. The molecule has 94 valence electrons. The third-order valence-electron chi connectivity index (χ3n) is 3.40. The number of carboxylic acid groups (broad SMARTS) is 1. The van der Waals surface area contributed by atoms with Gasteiger partial charge in [0.05, 0.1) is 18.6 Å². The zero-order chi connectivity index (χ0) is 12.3. The Labute approximate surface area is 96.6 Å². The van der Waals surface area contributed by atoms with Crippen LogP contribution in [0.4, 0.5) is 0 Å². The summed E-state index contributed by atoms with van der Waals surface area (Å²) >= 11 is 0. The molecule has 0 aliphatic carbocycles. The molecule has 0 saturated carbocycles. The topological polar surface area (TPSA) is 75.8 Å². The van der Waals surface area contributed by atoms with Crippen molar-refractivity contribution < 1.29 is 14.6 Å². The van der Waals surface area contributed by atoms with E-state index in [0.717, 1.165) is 13.1 Å². The molecular weight excluding hydrogens is 208 g/mol. The Balaban J connectivity index is 2.56. The Hall–Kier alpha value is -0.650. The van der Waals surface area contributed by atoms with Gasteiger partial charge in [0.15, 0.2) is 0 Å². The van der Waals surface area contributed by atoms with Gasteiger partial charge in [-0.1, -0.05) is 6.92 Å². The molecule has 1 rings (SSSR count). The Bertz CT molecular complexity index is 245. The first-order valence-corrected chi connectivity index (χ1v) is 5.77. The number of morpholine rings is 1. The number of carboxylic acids is 1. The maximum Gasteiger partial charge on any atom is 0.307 e. The summed E-state index contributed by atoms with van der Waals surface area (Å²) in [7, 11) is 0. The lowest BCUT2D eigenvalue weighted by Crippen LogP contribution is -2.54. The highest BCUT2D eigenvalue weighted by atomic mass is 16.5. The van der Waals surface area contributed by atoms with Crippen molar-refractivity contribution >= 4 is 5.97 Å². The molecule has 0 radical (unpaired) electrons. The fourth-order valence-corrected chi connectivity index (χ4v) is 1.91. The third kappa shape index (κ3) is 3.17. The number of hydrogen-bond donors (Lipinski definition) is 2. The first kappa shape index (κ1) is 13.4. The summed E-state index contributed by atoms with van der Waals surface area (Å²) in [6.45, 7) is 7.73. The van der Waals surface area contributed by atoms with E-state index in [2.05, 4.69) is 4.90 Å². The molecule has 3 N–H and O–H groups in total. The van der Waals surface area contributed by atoms with Crippen LogP contribution in [0.3, 0.4) is 0 Å². The zero-order valence-corrected chi connectivity index (χ0v) is 10.2.